The number of carbonyl (C=O) groups is 2. The molecule has 0 aliphatic heterocycles. The SMILES string of the molecule is CSc1ccc(C#Cc2cc(C(=O)O)cc(C#Cc3ccc(SC)cc3)c2C#CC#Cc2c(C#Cc3ccc(SC)cc3)cc(C(=O)O)cc2C#Cc2ccc(SC)cc2)cc1. The summed E-state index contributed by atoms with van der Waals surface area (Å²) < 4.78 is 0. The van der Waals surface area contributed by atoms with Crippen LogP contribution < -0.4 is 0 Å². The Morgan fingerprint density at radius 1 is 0.355 bits per heavy atom. The minimum atomic E-state index is -1.13. The molecular weight excluding hydrogens is 841 g/mol. The molecule has 6 aromatic rings. The summed E-state index contributed by atoms with van der Waals surface area (Å²) >= 11 is 6.49. The Kier molecular flexibility index (Phi) is 15.8. The predicted octanol–water partition coefficient (Wildman–Crippen LogP) is 11.0. The van der Waals surface area contributed by atoms with Gasteiger partial charge in [0.15, 0.2) is 0 Å². The van der Waals surface area contributed by atoms with Gasteiger partial charge in [-0.25, -0.2) is 9.59 Å². The molecule has 6 aromatic carbocycles. The summed E-state index contributed by atoms with van der Waals surface area (Å²) in [5.74, 6) is 35.2. The lowest BCUT2D eigenvalue weighted by Gasteiger charge is -2.05. The lowest BCUT2D eigenvalue weighted by Crippen LogP contribution is -2.01. The van der Waals surface area contributed by atoms with Crippen LogP contribution in [0.2, 0.25) is 0 Å². The van der Waals surface area contributed by atoms with Crippen molar-refractivity contribution >= 4 is 59.0 Å². The monoisotopic (exact) mass is 874 g/mol. The summed E-state index contributed by atoms with van der Waals surface area (Å²) in [5, 5.41) is 20.2. The topological polar surface area (TPSA) is 74.6 Å². The van der Waals surface area contributed by atoms with Gasteiger partial charge in [0.05, 0.1) is 22.3 Å². The molecule has 0 aromatic heterocycles. The van der Waals surface area contributed by atoms with E-state index >= 15 is 0 Å². The van der Waals surface area contributed by atoms with Gasteiger partial charge < -0.3 is 10.2 Å². The Labute approximate surface area is 380 Å². The molecule has 0 aliphatic rings. The summed E-state index contributed by atoms with van der Waals surface area (Å²) in [6.45, 7) is 0. The van der Waals surface area contributed by atoms with Crippen molar-refractivity contribution in [3.8, 4) is 71.0 Å². The minimum absolute atomic E-state index is 0.0156. The van der Waals surface area contributed by atoms with Crippen LogP contribution >= 0.6 is 47.0 Å². The third kappa shape index (κ3) is 12.3. The van der Waals surface area contributed by atoms with Crippen LogP contribution in [0.15, 0.2) is 141 Å². The van der Waals surface area contributed by atoms with Gasteiger partial charge >= 0.3 is 11.9 Å². The molecule has 62 heavy (non-hydrogen) atoms. The molecule has 6 rings (SSSR count). The Morgan fingerprint density at radius 3 is 0.774 bits per heavy atom. The average Bonchev–Trinajstić information content (AvgIpc) is 3.31. The molecule has 0 atom stereocenters. The maximum Gasteiger partial charge on any atom is 0.335 e. The summed E-state index contributed by atoms with van der Waals surface area (Å²) in [5.41, 5.74) is 5.34. The van der Waals surface area contributed by atoms with Gasteiger partial charge in [0.1, 0.15) is 0 Å². The third-order valence-electron chi connectivity index (χ3n) is 8.93. The van der Waals surface area contributed by atoms with E-state index in [1.165, 1.54) is 24.3 Å². The van der Waals surface area contributed by atoms with E-state index in [-0.39, 0.29) is 11.1 Å². The standard InChI is InChI=1S/C54H34O4S4/c1-59-47-25-13-37(14-26-47)9-21-41-33-45(53(55)56)34-42(22-10-38-15-27-48(60-2)28-16-38)51(41)7-5-6-8-52-43(23-11-39-17-29-49(61-3)30-18-39)35-46(54(57)58)36-44(52)24-12-40-19-31-50(62-4)32-20-40/h13-20,25-36H,1-4H3,(H,55,56)(H,57,58). The molecule has 2 N–H and O–H groups in total. The molecule has 0 spiro atoms. The first-order chi connectivity index (χ1) is 30.2. The second kappa shape index (κ2) is 22.0. The zero-order chi connectivity index (χ0) is 43.8. The summed E-state index contributed by atoms with van der Waals surface area (Å²) in [6, 6.07) is 37.0. The Hall–Kier alpha value is -6.98. The number of benzene rings is 6. The van der Waals surface area contributed by atoms with E-state index in [1.54, 1.807) is 47.0 Å². The van der Waals surface area contributed by atoms with E-state index in [9.17, 15) is 19.8 Å². The zero-order valence-electron chi connectivity index (χ0n) is 33.9. The van der Waals surface area contributed by atoms with Crippen LogP contribution in [-0.2, 0) is 0 Å². The highest BCUT2D eigenvalue weighted by molar-refractivity contribution is 7.99. The van der Waals surface area contributed by atoms with Gasteiger partial charge in [-0.05, 0) is 158 Å². The first-order valence-electron chi connectivity index (χ1n) is 18.6. The van der Waals surface area contributed by atoms with E-state index in [0.29, 0.717) is 33.4 Å². The number of rotatable bonds is 6. The van der Waals surface area contributed by atoms with E-state index in [4.69, 9.17) is 0 Å². The third-order valence-corrected chi connectivity index (χ3v) is 11.9. The number of carboxylic acids is 2. The molecule has 0 saturated heterocycles. The van der Waals surface area contributed by atoms with Gasteiger partial charge in [-0.3, -0.25) is 0 Å². The van der Waals surface area contributed by atoms with Crippen molar-refractivity contribution in [1.82, 2.24) is 0 Å². The normalized spacial score (nSPS) is 9.68. The van der Waals surface area contributed by atoms with Gasteiger partial charge in [-0.15, -0.1) is 47.0 Å². The van der Waals surface area contributed by atoms with Gasteiger partial charge in [0.2, 0.25) is 0 Å². The van der Waals surface area contributed by atoms with Crippen molar-refractivity contribution in [2.45, 2.75) is 19.6 Å². The lowest BCUT2D eigenvalue weighted by molar-refractivity contribution is 0.0686. The number of thioether (sulfide) groups is 4. The average molecular weight is 875 g/mol. The van der Waals surface area contributed by atoms with Crippen molar-refractivity contribution < 1.29 is 19.8 Å². The zero-order valence-corrected chi connectivity index (χ0v) is 37.2. The molecule has 0 unspecified atom stereocenters. The van der Waals surface area contributed by atoms with Crippen LogP contribution in [0.1, 0.15) is 76.4 Å². The fourth-order valence-electron chi connectivity index (χ4n) is 5.64. The van der Waals surface area contributed by atoms with Crippen LogP contribution in [-0.4, -0.2) is 47.2 Å². The van der Waals surface area contributed by atoms with Crippen molar-refractivity contribution in [3.05, 3.63) is 188 Å². The maximum atomic E-state index is 12.4. The Morgan fingerprint density at radius 2 is 0.581 bits per heavy atom. The molecule has 0 heterocycles. The first kappa shape index (κ1) is 44.6. The van der Waals surface area contributed by atoms with Crippen LogP contribution in [0, 0.1) is 71.0 Å². The summed E-state index contributed by atoms with van der Waals surface area (Å²) in [6.07, 6.45) is 7.99. The molecule has 0 fully saturated rings. The fraction of sp³-hybridized carbons (Fsp3) is 0.0741. The highest BCUT2D eigenvalue weighted by atomic mass is 32.2. The van der Waals surface area contributed by atoms with E-state index in [1.807, 2.05) is 122 Å². The minimum Gasteiger partial charge on any atom is -0.478 e. The molecular formula is C54H34O4S4. The van der Waals surface area contributed by atoms with Crippen LogP contribution in [0.3, 0.4) is 0 Å². The van der Waals surface area contributed by atoms with Crippen molar-refractivity contribution in [3.63, 3.8) is 0 Å². The smallest absolute Gasteiger partial charge is 0.335 e. The predicted molar refractivity (Wildman–Crippen MR) is 257 cm³/mol. The summed E-state index contributed by atoms with van der Waals surface area (Å²) in [4.78, 5) is 29.1. The highest BCUT2D eigenvalue weighted by Crippen LogP contribution is 2.22. The second-order valence-corrected chi connectivity index (χ2v) is 16.4. The van der Waals surface area contributed by atoms with Gasteiger partial charge in [-0.2, -0.15) is 0 Å². The number of aromatic carboxylic acids is 2. The Balaban J connectivity index is 1.53. The number of carboxylic acid groups (broad SMARTS) is 2. The molecule has 0 amide bonds. The molecule has 0 bridgehead atoms. The van der Waals surface area contributed by atoms with Crippen molar-refractivity contribution in [2.24, 2.45) is 0 Å². The molecule has 0 saturated carbocycles. The van der Waals surface area contributed by atoms with Crippen molar-refractivity contribution in [1.29, 1.82) is 0 Å². The van der Waals surface area contributed by atoms with E-state index in [2.05, 4.69) is 71.0 Å². The molecule has 4 nitrogen and oxygen atoms in total. The van der Waals surface area contributed by atoms with Crippen molar-refractivity contribution in [2.75, 3.05) is 25.0 Å². The largest absolute Gasteiger partial charge is 0.478 e. The summed E-state index contributed by atoms with van der Waals surface area (Å²) in [7, 11) is 0. The highest BCUT2D eigenvalue weighted by Gasteiger charge is 2.13. The maximum absolute atomic E-state index is 12.4. The van der Waals surface area contributed by atoms with E-state index < -0.39 is 11.9 Å². The van der Waals surface area contributed by atoms with E-state index in [0.717, 1.165) is 41.8 Å². The van der Waals surface area contributed by atoms with Crippen LogP contribution in [0.4, 0.5) is 0 Å². The molecule has 0 aliphatic carbocycles. The quantitative estimate of drug-likeness (QED) is 0.127. The number of hydrogen-bond acceptors (Lipinski definition) is 6. The van der Waals surface area contributed by atoms with Crippen LogP contribution in [0.5, 0.6) is 0 Å². The lowest BCUT2D eigenvalue weighted by atomic mass is 9.96. The number of hydrogen-bond donors (Lipinski definition) is 2. The molecule has 8 heteroatoms. The molecule has 298 valence electrons. The van der Waals surface area contributed by atoms with Gasteiger partial charge in [0.25, 0.3) is 0 Å². The first-order valence-corrected chi connectivity index (χ1v) is 23.5. The fourth-order valence-corrected chi connectivity index (χ4v) is 7.27. The van der Waals surface area contributed by atoms with Crippen LogP contribution in [0.25, 0.3) is 0 Å². The van der Waals surface area contributed by atoms with Gasteiger partial charge in [-0.1, -0.05) is 59.2 Å². The van der Waals surface area contributed by atoms with Gasteiger partial charge in [0, 0.05) is 64.1 Å². The second-order valence-electron chi connectivity index (χ2n) is 12.9. The molecule has 0 radical (unpaired) electrons. The Bertz CT molecular complexity index is 2680.